The molecule has 0 aromatic heterocycles. The zero-order valence-corrected chi connectivity index (χ0v) is 9.47. The smallest absolute Gasteiger partial charge is 0.356 e. The zero-order valence-electron chi connectivity index (χ0n) is 7.88. The Kier molecular flexibility index (Phi) is 2.01. The van der Waals surface area contributed by atoms with E-state index in [2.05, 4.69) is 15.9 Å². The summed E-state index contributed by atoms with van der Waals surface area (Å²) in [6.45, 7) is 0. The van der Waals surface area contributed by atoms with E-state index in [-0.39, 0.29) is 11.7 Å². The lowest BCUT2D eigenvalue weighted by Gasteiger charge is -2.16. The molecular formula is C11H6BrF3O. The largest absolute Gasteiger partial charge is 0.416 e. The van der Waals surface area contributed by atoms with Crippen LogP contribution in [0.1, 0.15) is 28.9 Å². The third kappa shape index (κ3) is 1.28. The molecule has 2 aliphatic heterocycles. The maximum atomic E-state index is 12.8. The first kappa shape index (κ1) is 10.4. The van der Waals surface area contributed by atoms with E-state index < -0.39 is 17.8 Å². The lowest BCUT2D eigenvalue weighted by atomic mass is 9.92. The number of alkyl halides is 3. The van der Waals surface area contributed by atoms with Gasteiger partial charge in [-0.1, -0.05) is 28.1 Å². The van der Waals surface area contributed by atoms with Crippen LogP contribution in [0.5, 0.6) is 0 Å². The summed E-state index contributed by atoms with van der Waals surface area (Å²) in [5.41, 5.74) is 0.297. The summed E-state index contributed by atoms with van der Waals surface area (Å²) in [6, 6.07) is 4.21. The van der Waals surface area contributed by atoms with Gasteiger partial charge in [0, 0.05) is 10.0 Å². The Morgan fingerprint density at radius 2 is 2.00 bits per heavy atom. The normalized spacial score (nSPS) is 26.9. The molecule has 1 aromatic carbocycles. The van der Waals surface area contributed by atoms with Gasteiger partial charge in [-0.3, -0.25) is 0 Å². The topological polar surface area (TPSA) is 9.23 Å². The van der Waals surface area contributed by atoms with Crippen molar-refractivity contribution in [3.05, 3.63) is 45.4 Å². The molecule has 0 saturated heterocycles. The van der Waals surface area contributed by atoms with Crippen LogP contribution in [0, 0.1) is 0 Å². The second-order valence-corrected chi connectivity index (χ2v) is 4.71. The van der Waals surface area contributed by atoms with Crippen LogP contribution in [-0.2, 0) is 10.9 Å². The summed E-state index contributed by atoms with van der Waals surface area (Å²) in [4.78, 5) is 0. The van der Waals surface area contributed by atoms with Crippen molar-refractivity contribution in [3.63, 3.8) is 0 Å². The second-order valence-electron chi connectivity index (χ2n) is 3.79. The monoisotopic (exact) mass is 290 g/mol. The fraction of sp³-hybridized carbons (Fsp3) is 0.273. The molecule has 2 aliphatic rings. The van der Waals surface area contributed by atoms with Crippen LogP contribution >= 0.6 is 15.9 Å². The molecule has 2 bridgehead atoms. The Hall–Kier alpha value is -0.810. The quantitative estimate of drug-likeness (QED) is 0.699. The highest BCUT2D eigenvalue weighted by atomic mass is 79.9. The van der Waals surface area contributed by atoms with E-state index in [1.807, 2.05) is 0 Å². The maximum absolute atomic E-state index is 12.8. The minimum Gasteiger partial charge on any atom is -0.356 e. The molecule has 2 unspecified atom stereocenters. The molecule has 16 heavy (non-hydrogen) atoms. The molecule has 3 rings (SSSR count). The average molecular weight is 291 g/mol. The van der Waals surface area contributed by atoms with Gasteiger partial charge in [-0.15, -0.1) is 0 Å². The lowest BCUT2D eigenvalue weighted by Crippen LogP contribution is -2.11. The third-order valence-electron chi connectivity index (χ3n) is 2.86. The number of fused-ring (bicyclic) bond motifs is 5. The number of hydrogen-bond donors (Lipinski definition) is 0. The Morgan fingerprint density at radius 1 is 1.25 bits per heavy atom. The van der Waals surface area contributed by atoms with Crippen molar-refractivity contribution in [3.8, 4) is 0 Å². The summed E-state index contributed by atoms with van der Waals surface area (Å²) in [5.74, 6) is 0. The summed E-state index contributed by atoms with van der Waals surface area (Å²) in [5, 5.41) is 0. The molecule has 2 heterocycles. The number of rotatable bonds is 0. The maximum Gasteiger partial charge on any atom is 0.416 e. The van der Waals surface area contributed by atoms with E-state index in [1.54, 1.807) is 12.1 Å². The van der Waals surface area contributed by atoms with Crippen LogP contribution < -0.4 is 0 Å². The van der Waals surface area contributed by atoms with Gasteiger partial charge >= 0.3 is 6.18 Å². The molecule has 2 atom stereocenters. The first-order valence-electron chi connectivity index (χ1n) is 4.71. The van der Waals surface area contributed by atoms with E-state index >= 15 is 0 Å². The molecule has 5 heteroatoms. The van der Waals surface area contributed by atoms with Crippen LogP contribution in [0.25, 0.3) is 0 Å². The SMILES string of the molecule is FC(F)(F)c1cccc2c1C1C=C(Br)C2O1. The first-order valence-corrected chi connectivity index (χ1v) is 5.50. The Bertz CT molecular complexity index is 492. The highest BCUT2D eigenvalue weighted by molar-refractivity contribution is 9.11. The molecule has 1 aromatic rings. The van der Waals surface area contributed by atoms with Gasteiger partial charge in [-0.2, -0.15) is 13.2 Å². The number of benzene rings is 1. The van der Waals surface area contributed by atoms with Crippen LogP contribution in [0.15, 0.2) is 28.8 Å². The van der Waals surface area contributed by atoms with Crippen molar-refractivity contribution in [2.45, 2.75) is 18.4 Å². The molecule has 0 N–H and O–H groups in total. The lowest BCUT2D eigenvalue weighted by molar-refractivity contribution is -0.138. The highest BCUT2D eigenvalue weighted by Crippen LogP contribution is 2.54. The van der Waals surface area contributed by atoms with E-state index in [1.165, 1.54) is 6.07 Å². The molecule has 1 nitrogen and oxygen atoms in total. The first-order chi connectivity index (χ1) is 7.48. The Labute approximate surface area is 98.0 Å². The fourth-order valence-corrected chi connectivity index (χ4v) is 2.83. The number of hydrogen-bond acceptors (Lipinski definition) is 1. The standard InChI is InChI=1S/C11H6BrF3O/c12-7-4-8-9-5(10(7)16-8)2-1-3-6(9)11(13,14)15/h1-4,8,10H. The van der Waals surface area contributed by atoms with E-state index in [4.69, 9.17) is 4.74 Å². The van der Waals surface area contributed by atoms with Gasteiger partial charge in [-0.25, -0.2) is 0 Å². The summed E-state index contributed by atoms with van der Waals surface area (Å²) < 4.78 is 44.6. The Morgan fingerprint density at radius 3 is 2.69 bits per heavy atom. The van der Waals surface area contributed by atoms with Crippen LogP contribution in [0.3, 0.4) is 0 Å². The van der Waals surface area contributed by atoms with E-state index in [9.17, 15) is 13.2 Å². The van der Waals surface area contributed by atoms with E-state index in [0.717, 1.165) is 10.5 Å². The molecule has 0 saturated carbocycles. The second kappa shape index (κ2) is 3.11. The summed E-state index contributed by atoms with van der Waals surface area (Å²) >= 11 is 3.30. The predicted molar refractivity (Wildman–Crippen MR) is 55.0 cm³/mol. The number of ether oxygens (including phenoxy) is 1. The van der Waals surface area contributed by atoms with Crippen molar-refractivity contribution in [1.82, 2.24) is 0 Å². The van der Waals surface area contributed by atoms with Crippen LogP contribution in [-0.4, -0.2) is 0 Å². The Balaban J connectivity index is 2.21. The minimum atomic E-state index is -4.32. The van der Waals surface area contributed by atoms with Crippen molar-refractivity contribution in [1.29, 1.82) is 0 Å². The summed E-state index contributed by atoms with van der Waals surface area (Å²) in [6.07, 6.45) is -3.56. The van der Waals surface area contributed by atoms with Crippen molar-refractivity contribution in [2.75, 3.05) is 0 Å². The average Bonchev–Trinajstić information content (AvgIpc) is 2.73. The number of halogens is 4. The molecule has 0 radical (unpaired) electrons. The van der Waals surface area contributed by atoms with Gasteiger partial charge < -0.3 is 4.74 Å². The van der Waals surface area contributed by atoms with Crippen molar-refractivity contribution < 1.29 is 17.9 Å². The van der Waals surface area contributed by atoms with Crippen LogP contribution in [0.4, 0.5) is 13.2 Å². The van der Waals surface area contributed by atoms with Crippen molar-refractivity contribution in [2.24, 2.45) is 0 Å². The molecule has 84 valence electrons. The minimum absolute atomic E-state index is 0.267. The predicted octanol–water partition coefficient (Wildman–Crippen LogP) is 4.11. The van der Waals surface area contributed by atoms with Crippen molar-refractivity contribution >= 4 is 15.9 Å². The summed E-state index contributed by atoms with van der Waals surface area (Å²) in [7, 11) is 0. The highest BCUT2D eigenvalue weighted by Gasteiger charge is 2.45. The van der Waals surface area contributed by atoms with Gasteiger partial charge in [0.1, 0.15) is 12.2 Å². The molecular weight excluding hydrogens is 285 g/mol. The molecule has 0 aliphatic carbocycles. The third-order valence-corrected chi connectivity index (χ3v) is 3.54. The molecule has 0 fully saturated rings. The van der Waals surface area contributed by atoms with Gasteiger partial charge in [0.15, 0.2) is 0 Å². The molecule has 0 spiro atoms. The van der Waals surface area contributed by atoms with Gasteiger partial charge in [0.05, 0.1) is 5.56 Å². The fourth-order valence-electron chi connectivity index (χ4n) is 2.23. The van der Waals surface area contributed by atoms with E-state index in [0.29, 0.717) is 5.56 Å². The van der Waals surface area contributed by atoms with Gasteiger partial charge in [0.25, 0.3) is 0 Å². The zero-order chi connectivity index (χ0) is 11.5. The molecule has 0 amide bonds. The van der Waals surface area contributed by atoms with Gasteiger partial charge in [0.2, 0.25) is 0 Å². The van der Waals surface area contributed by atoms with Crippen LogP contribution in [0.2, 0.25) is 0 Å². The van der Waals surface area contributed by atoms with Gasteiger partial charge in [-0.05, 0) is 17.7 Å².